The largest absolute Gasteiger partial charge is 0.299 e. The normalized spacial score (nSPS) is 27.2. The van der Waals surface area contributed by atoms with Crippen molar-refractivity contribution in [3.8, 4) is 0 Å². The number of hydrogen-bond donors (Lipinski definition) is 0. The van der Waals surface area contributed by atoms with Crippen molar-refractivity contribution >= 4 is 13.9 Å². The van der Waals surface area contributed by atoms with E-state index in [1.165, 1.54) is 12.8 Å². The van der Waals surface area contributed by atoms with Crippen molar-refractivity contribution in [2.24, 2.45) is 11.8 Å². The van der Waals surface area contributed by atoms with E-state index in [-0.39, 0.29) is 0 Å². The Bertz CT molecular complexity index is 312. The van der Waals surface area contributed by atoms with Gasteiger partial charge in [-0.2, -0.15) is 0 Å². The summed E-state index contributed by atoms with van der Waals surface area (Å²) in [6, 6.07) is 0. The number of carbonyl (C=O) groups is 1. The van der Waals surface area contributed by atoms with Gasteiger partial charge in [-0.25, -0.2) is 0 Å². The SMILES string of the molecule is CC[C@H]1CCCCC(=O)[C@@H]1C/C=C(\C)[Si](C)(C)C. The number of allylic oxidation sites excluding steroid dienone is 2. The number of ketones is 1. The molecule has 1 fully saturated rings. The summed E-state index contributed by atoms with van der Waals surface area (Å²) in [4.78, 5) is 12.2. The van der Waals surface area contributed by atoms with Crippen LogP contribution in [0, 0.1) is 11.8 Å². The maximum Gasteiger partial charge on any atom is 0.136 e. The van der Waals surface area contributed by atoms with Crippen molar-refractivity contribution in [1.29, 1.82) is 0 Å². The highest BCUT2D eigenvalue weighted by Crippen LogP contribution is 2.32. The van der Waals surface area contributed by atoms with Crippen LogP contribution < -0.4 is 0 Å². The molecule has 0 aromatic carbocycles. The number of hydrogen-bond acceptors (Lipinski definition) is 1. The molecule has 0 aromatic rings. The van der Waals surface area contributed by atoms with Gasteiger partial charge in [-0.05, 0) is 32.1 Å². The molecule has 2 heteroatoms. The average molecular weight is 267 g/mol. The quantitative estimate of drug-likeness (QED) is 0.518. The lowest BCUT2D eigenvalue weighted by Gasteiger charge is -2.23. The van der Waals surface area contributed by atoms with Crippen molar-refractivity contribution in [3.05, 3.63) is 11.3 Å². The Kier molecular flexibility index (Phi) is 5.83. The molecule has 1 aliphatic carbocycles. The molecule has 1 saturated carbocycles. The van der Waals surface area contributed by atoms with Gasteiger partial charge in [0.2, 0.25) is 0 Å². The fraction of sp³-hybridized carbons (Fsp3) is 0.812. The summed E-state index contributed by atoms with van der Waals surface area (Å²) in [5.74, 6) is 1.47. The highest BCUT2D eigenvalue weighted by Gasteiger charge is 2.28. The van der Waals surface area contributed by atoms with Crippen molar-refractivity contribution in [3.63, 3.8) is 0 Å². The zero-order valence-electron chi connectivity index (χ0n) is 12.9. The summed E-state index contributed by atoms with van der Waals surface area (Å²) in [5, 5.41) is 1.55. The van der Waals surface area contributed by atoms with Gasteiger partial charge in [0.15, 0.2) is 0 Å². The van der Waals surface area contributed by atoms with E-state index in [0.717, 1.165) is 25.7 Å². The van der Waals surface area contributed by atoms with Gasteiger partial charge in [0.1, 0.15) is 5.78 Å². The molecule has 0 aliphatic heterocycles. The molecular formula is C16H30OSi. The third-order valence-corrected chi connectivity index (χ3v) is 7.19. The van der Waals surface area contributed by atoms with Crippen LogP contribution in [0.1, 0.15) is 52.4 Å². The molecular weight excluding hydrogens is 236 g/mol. The van der Waals surface area contributed by atoms with Gasteiger partial charge in [0, 0.05) is 12.3 Å². The third kappa shape index (κ3) is 4.38. The van der Waals surface area contributed by atoms with Gasteiger partial charge in [-0.15, -0.1) is 0 Å². The maximum atomic E-state index is 12.2. The molecule has 1 aliphatic rings. The Hall–Kier alpha value is -0.373. The summed E-state index contributed by atoms with van der Waals surface area (Å²) in [5.41, 5.74) is 0. The first-order valence-electron chi connectivity index (χ1n) is 7.56. The first-order valence-corrected chi connectivity index (χ1v) is 11.1. The van der Waals surface area contributed by atoms with Crippen LogP contribution in [0.3, 0.4) is 0 Å². The van der Waals surface area contributed by atoms with Crippen LogP contribution in [0.25, 0.3) is 0 Å². The van der Waals surface area contributed by atoms with Crippen molar-refractivity contribution < 1.29 is 4.79 Å². The Morgan fingerprint density at radius 3 is 2.56 bits per heavy atom. The van der Waals surface area contributed by atoms with Crippen molar-refractivity contribution in [2.75, 3.05) is 0 Å². The first-order chi connectivity index (χ1) is 8.36. The maximum absolute atomic E-state index is 12.2. The third-order valence-electron chi connectivity index (χ3n) is 4.62. The molecule has 0 N–H and O–H groups in total. The van der Waals surface area contributed by atoms with Gasteiger partial charge < -0.3 is 0 Å². The van der Waals surface area contributed by atoms with E-state index in [4.69, 9.17) is 0 Å². The van der Waals surface area contributed by atoms with E-state index in [1.54, 1.807) is 5.20 Å². The lowest BCUT2D eigenvalue weighted by molar-refractivity contribution is -0.124. The zero-order chi connectivity index (χ0) is 13.8. The van der Waals surface area contributed by atoms with Crippen LogP contribution in [-0.4, -0.2) is 13.9 Å². The molecule has 104 valence electrons. The van der Waals surface area contributed by atoms with Crippen LogP contribution in [0.5, 0.6) is 0 Å². The molecule has 0 radical (unpaired) electrons. The van der Waals surface area contributed by atoms with Gasteiger partial charge in [0.05, 0.1) is 8.07 Å². The Morgan fingerprint density at radius 1 is 1.33 bits per heavy atom. The zero-order valence-corrected chi connectivity index (χ0v) is 13.9. The van der Waals surface area contributed by atoms with E-state index in [1.807, 2.05) is 0 Å². The topological polar surface area (TPSA) is 17.1 Å². The second-order valence-corrected chi connectivity index (χ2v) is 12.1. The molecule has 0 saturated heterocycles. The molecule has 0 aromatic heterocycles. The Balaban J connectivity index is 2.75. The van der Waals surface area contributed by atoms with Gasteiger partial charge in [-0.1, -0.05) is 50.7 Å². The Morgan fingerprint density at radius 2 is 2.00 bits per heavy atom. The minimum absolute atomic E-state index is 0.309. The predicted molar refractivity (Wildman–Crippen MR) is 82.5 cm³/mol. The molecule has 18 heavy (non-hydrogen) atoms. The van der Waals surface area contributed by atoms with Crippen molar-refractivity contribution in [2.45, 2.75) is 72.0 Å². The van der Waals surface area contributed by atoms with E-state index in [0.29, 0.717) is 17.6 Å². The van der Waals surface area contributed by atoms with Gasteiger partial charge in [0.25, 0.3) is 0 Å². The predicted octanol–water partition coefficient (Wildman–Crippen LogP) is 4.99. The molecule has 0 spiro atoms. The molecule has 1 rings (SSSR count). The summed E-state index contributed by atoms with van der Waals surface area (Å²) in [7, 11) is -1.16. The van der Waals surface area contributed by atoms with Crippen LogP contribution in [0.15, 0.2) is 11.3 Å². The molecule has 0 amide bonds. The van der Waals surface area contributed by atoms with Crippen LogP contribution in [0.4, 0.5) is 0 Å². The molecule has 0 bridgehead atoms. The molecule has 1 nitrogen and oxygen atoms in total. The van der Waals surface area contributed by atoms with Crippen LogP contribution in [-0.2, 0) is 4.79 Å². The first kappa shape index (κ1) is 15.7. The minimum Gasteiger partial charge on any atom is -0.299 e. The fourth-order valence-corrected chi connectivity index (χ4v) is 3.51. The minimum atomic E-state index is -1.16. The van der Waals surface area contributed by atoms with E-state index >= 15 is 0 Å². The molecule has 0 unspecified atom stereocenters. The van der Waals surface area contributed by atoms with E-state index < -0.39 is 8.07 Å². The number of Topliss-reactive ketones (excluding diaryl/α,β-unsaturated/α-hetero) is 1. The molecule has 0 heterocycles. The fourth-order valence-electron chi connectivity index (χ4n) is 2.78. The number of carbonyl (C=O) groups excluding carboxylic acids is 1. The van der Waals surface area contributed by atoms with E-state index in [9.17, 15) is 4.79 Å². The Labute approximate surface area is 114 Å². The smallest absolute Gasteiger partial charge is 0.136 e. The summed E-state index contributed by atoms with van der Waals surface area (Å²) < 4.78 is 0. The van der Waals surface area contributed by atoms with Crippen LogP contribution in [0.2, 0.25) is 19.6 Å². The summed E-state index contributed by atoms with van der Waals surface area (Å²) >= 11 is 0. The number of rotatable bonds is 4. The van der Waals surface area contributed by atoms with Crippen molar-refractivity contribution in [1.82, 2.24) is 0 Å². The molecule has 2 atom stereocenters. The lowest BCUT2D eigenvalue weighted by atomic mass is 9.83. The average Bonchev–Trinajstić information content (AvgIpc) is 2.46. The highest BCUT2D eigenvalue weighted by atomic mass is 28.3. The standard InChI is InChI=1S/C16H30OSi/c1-6-14-9-7-8-10-16(17)15(14)12-11-13(2)18(3,4)5/h11,14-15H,6-10,12H2,1-5H3/b13-11+/t14-,15+/m0/s1. The van der Waals surface area contributed by atoms with Crippen LogP contribution >= 0.6 is 0 Å². The highest BCUT2D eigenvalue weighted by molar-refractivity contribution is 6.82. The van der Waals surface area contributed by atoms with E-state index in [2.05, 4.69) is 39.6 Å². The second-order valence-electron chi connectivity index (χ2n) is 6.86. The van der Waals surface area contributed by atoms with Gasteiger partial charge >= 0.3 is 0 Å². The second kappa shape index (κ2) is 6.69. The lowest BCUT2D eigenvalue weighted by Crippen LogP contribution is -2.24. The summed E-state index contributed by atoms with van der Waals surface area (Å²) in [6.07, 6.45) is 8.97. The summed E-state index contributed by atoms with van der Waals surface area (Å²) in [6.45, 7) is 11.6. The van der Waals surface area contributed by atoms with Gasteiger partial charge in [-0.3, -0.25) is 4.79 Å². The monoisotopic (exact) mass is 266 g/mol.